The Morgan fingerprint density at radius 2 is 1.71 bits per heavy atom. The van der Waals surface area contributed by atoms with Crippen molar-refractivity contribution in [3.63, 3.8) is 0 Å². The number of halogens is 1. The summed E-state index contributed by atoms with van der Waals surface area (Å²) in [6, 6.07) is 21.1. The number of aryl methyl sites for hydroxylation is 1. The van der Waals surface area contributed by atoms with Crippen LogP contribution < -0.4 is 10.2 Å². The number of ether oxygens (including phenoxy) is 1. The minimum absolute atomic E-state index is 0.328. The normalized spacial score (nSPS) is 10.6. The van der Waals surface area contributed by atoms with E-state index >= 15 is 0 Å². The molecule has 3 aromatic rings. The fourth-order valence-electron chi connectivity index (χ4n) is 2.48. The molecule has 1 N–H and O–H groups in total. The van der Waals surface area contributed by atoms with E-state index in [0.29, 0.717) is 22.4 Å². The lowest BCUT2D eigenvalue weighted by atomic mass is 10.1. The standard InChI is InChI=1S/C22H17BrN2O3/c1-15-7-5-6-10-19(15)22(27)28-20-12-11-18(23)13-17(20)14-24-25-21(26)16-8-3-2-4-9-16/h2-14H,1H3,(H,25,26). The SMILES string of the molecule is Cc1ccccc1C(=O)Oc1ccc(Br)cc1C=NNC(=O)c1ccccc1. The Bertz CT molecular complexity index is 1030. The number of nitrogens with zero attached hydrogens (tertiary/aromatic N) is 1. The lowest BCUT2D eigenvalue weighted by Crippen LogP contribution is -2.17. The van der Waals surface area contributed by atoms with E-state index in [1.54, 1.807) is 54.6 Å². The molecule has 0 heterocycles. The molecule has 3 aromatic carbocycles. The van der Waals surface area contributed by atoms with Crippen molar-refractivity contribution < 1.29 is 14.3 Å². The number of hydrogen-bond donors (Lipinski definition) is 1. The van der Waals surface area contributed by atoms with Crippen LogP contribution in [0.5, 0.6) is 5.75 Å². The van der Waals surface area contributed by atoms with Gasteiger partial charge in [0.1, 0.15) is 5.75 Å². The van der Waals surface area contributed by atoms with Gasteiger partial charge in [0.2, 0.25) is 0 Å². The maximum Gasteiger partial charge on any atom is 0.343 e. The zero-order valence-electron chi connectivity index (χ0n) is 15.1. The van der Waals surface area contributed by atoms with Gasteiger partial charge in [-0.15, -0.1) is 0 Å². The van der Waals surface area contributed by atoms with E-state index in [9.17, 15) is 9.59 Å². The summed E-state index contributed by atoms with van der Waals surface area (Å²) in [5.41, 5.74) is 4.83. The molecule has 0 fully saturated rings. The van der Waals surface area contributed by atoms with E-state index in [1.165, 1.54) is 6.21 Å². The first kappa shape index (κ1) is 19.5. The molecule has 5 nitrogen and oxygen atoms in total. The first-order valence-electron chi connectivity index (χ1n) is 8.50. The molecule has 0 spiro atoms. The van der Waals surface area contributed by atoms with Crippen LogP contribution in [0.3, 0.4) is 0 Å². The van der Waals surface area contributed by atoms with Crippen molar-refractivity contribution in [2.24, 2.45) is 5.10 Å². The minimum Gasteiger partial charge on any atom is -0.422 e. The summed E-state index contributed by atoms with van der Waals surface area (Å²) >= 11 is 3.39. The van der Waals surface area contributed by atoms with Crippen LogP contribution in [0, 0.1) is 6.92 Å². The van der Waals surface area contributed by atoms with Gasteiger partial charge in [-0.05, 0) is 48.9 Å². The zero-order chi connectivity index (χ0) is 19.9. The summed E-state index contributed by atoms with van der Waals surface area (Å²) in [6.07, 6.45) is 1.44. The second-order valence-electron chi connectivity index (χ2n) is 5.95. The Hall–Kier alpha value is -3.25. The van der Waals surface area contributed by atoms with Crippen molar-refractivity contribution in [3.8, 4) is 5.75 Å². The number of amides is 1. The van der Waals surface area contributed by atoms with Gasteiger partial charge in [0, 0.05) is 15.6 Å². The summed E-state index contributed by atoms with van der Waals surface area (Å²) in [6.45, 7) is 1.85. The predicted molar refractivity (Wildman–Crippen MR) is 112 cm³/mol. The molecule has 0 saturated carbocycles. The van der Waals surface area contributed by atoms with Crippen molar-refractivity contribution >= 4 is 34.0 Å². The van der Waals surface area contributed by atoms with Crippen LogP contribution in [0.4, 0.5) is 0 Å². The van der Waals surface area contributed by atoms with E-state index in [1.807, 2.05) is 25.1 Å². The predicted octanol–water partition coefficient (Wildman–Crippen LogP) is 4.74. The molecule has 0 bridgehead atoms. The molecular formula is C22H17BrN2O3. The zero-order valence-corrected chi connectivity index (χ0v) is 16.6. The Balaban J connectivity index is 1.76. The molecule has 6 heteroatoms. The van der Waals surface area contributed by atoms with Gasteiger partial charge in [-0.25, -0.2) is 10.2 Å². The topological polar surface area (TPSA) is 67.8 Å². The number of carbonyl (C=O) groups is 2. The molecule has 0 saturated heterocycles. The average Bonchev–Trinajstić information content (AvgIpc) is 2.70. The van der Waals surface area contributed by atoms with Crippen LogP contribution in [0.2, 0.25) is 0 Å². The lowest BCUT2D eigenvalue weighted by molar-refractivity contribution is 0.0733. The van der Waals surface area contributed by atoms with Gasteiger partial charge in [-0.2, -0.15) is 5.10 Å². The molecule has 0 aliphatic carbocycles. The van der Waals surface area contributed by atoms with Gasteiger partial charge in [0.15, 0.2) is 0 Å². The minimum atomic E-state index is -0.455. The van der Waals surface area contributed by atoms with Gasteiger partial charge < -0.3 is 4.74 Å². The van der Waals surface area contributed by atoms with E-state index < -0.39 is 5.97 Å². The van der Waals surface area contributed by atoms with Crippen LogP contribution in [0.25, 0.3) is 0 Å². The molecule has 0 unspecified atom stereocenters. The van der Waals surface area contributed by atoms with E-state index in [0.717, 1.165) is 10.0 Å². The third kappa shape index (κ3) is 4.92. The van der Waals surface area contributed by atoms with Crippen LogP contribution in [-0.2, 0) is 0 Å². The van der Waals surface area contributed by atoms with E-state index in [2.05, 4.69) is 26.5 Å². The molecule has 1 amide bonds. The van der Waals surface area contributed by atoms with Gasteiger partial charge in [0.05, 0.1) is 11.8 Å². The molecule has 3 rings (SSSR count). The van der Waals surface area contributed by atoms with Crippen molar-refractivity contribution in [2.45, 2.75) is 6.92 Å². The van der Waals surface area contributed by atoms with Crippen molar-refractivity contribution in [3.05, 3.63) is 99.5 Å². The number of rotatable bonds is 5. The third-order valence-corrected chi connectivity index (χ3v) is 4.44. The van der Waals surface area contributed by atoms with Crippen LogP contribution >= 0.6 is 15.9 Å². The van der Waals surface area contributed by atoms with Crippen molar-refractivity contribution in [1.82, 2.24) is 5.43 Å². The van der Waals surface area contributed by atoms with Crippen molar-refractivity contribution in [1.29, 1.82) is 0 Å². The Morgan fingerprint density at radius 1 is 1.00 bits per heavy atom. The highest BCUT2D eigenvalue weighted by molar-refractivity contribution is 9.10. The quantitative estimate of drug-likeness (QED) is 0.271. The molecule has 0 aromatic heterocycles. The Kier molecular flexibility index (Phi) is 6.34. The van der Waals surface area contributed by atoms with Crippen LogP contribution in [0.1, 0.15) is 31.8 Å². The smallest absolute Gasteiger partial charge is 0.343 e. The number of hydrogen-bond acceptors (Lipinski definition) is 4. The van der Waals surface area contributed by atoms with Crippen LogP contribution in [0.15, 0.2) is 82.4 Å². The number of esters is 1. The molecular weight excluding hydrogens is 420 g/mol. The second kappa shape index (κ2) is 9.10. The fraction of sp³-hybridized carbons (Fsp3) is 0.0455. The first-order chi connectivity index (χ1) is 13.5. The molecule has 0 aliphatic heterocycles. The van der Waals surface area contributed by atoms with E-state index in [-0.39, 0.29) is 5.91 Å². The maximum absolute atomic E-state index is 12.5. The summed E-state index contributed by atoms with van der Waals surface area (Å²) in [7, 11) is 0. The second-order valence-corrected chi connectivity index (χ2v) is 6.87. The fourth-order valence-corrected chi connectivity index (χ4v) is 2.86. The first-order valence-corrected chi connectivity index (χ1v) is 9.30. The molecule has 0 radical (unpaired) electrons. The number of benzene rings is 3. The molecule has 28 heavy (non-hydrogen) atoms. The number of hydrazone groups is 1. The molecule has 140 valence electrons. The van der Waals surface area contributed by atoms with Gasteiger partial charge in [-0.1, -0.05) is 52.3 Å². The summed E-state index contributed by atoms with van der Waals surface area (Å²) in [5, 5.41) is 3.98. The summed E-state index contributed by atoms with van der Waals surface area (Å²) < 4.78 is 6.34. The number of carbonyl (C=O) groups excluding carboxylic acids is 2. The lowest BCUT2D eigenvalue weighted by Gasteiger charge is -2.09. The van der Waals surface area contributed by atoms with Crippen LogP contribution in [-0.4, -0.2) is 18.1 Å². The highest BCUT2D eigenvalue weighted by atomic mass is 79.9. The average molecular weight is 437 g/mol. The van der Waals surface area contributed by atoms with Crippen molar-refractivity contribution in [2.75, 3.05) is 0 Å². The summed E-state index contributed by atoms with van der Waals surface area (Å²) in [5.74, 6) is -0.442. The molecule has 0 aliphatic rings. The highest BCUT2D eigenvalue weighted by Gasteiger charge is 2.13. The Labute approximate surface area is 171 Å². The number of nitrogens with one attached hydrogen (secondary N) is 1. The highest BCUT2D eigenvalue weighted by Crippen LogP contribution is 2.23. The van der Waals surface area contributed by atoms with Gasteiger partial charge in [-0.3, -0.25) is 4.79 Å². The molecule has 0 atom stereocenters. The van der Waals surface area contributed by atoms with Gasteiger partial charge >= 0.3 is 5.97 Å². The van der Waals surface area contributed by atoms with Gasteiger partial charge in [0.25, 0.3) is 5.91 Å². The summed E-state index contributed by atoms with van der Waals surface area (Å²) in [4.78, 5) is 24.6. The largest absolute Gasteiger partial charge is 0.422 e. The van der Waals surface area contributed by atoms with E-state index in [4.69, 9.17) is 4.74 Å². The maximum atomic E-state index is 12.5. The Morgan fingerprint density at radius 3 is 2.46 bits per heavy atom. The monoisotopic (exact) mass is 436 g/mol. The third-order valence-electron chi connectivity index (χ3n) is 3.95.